The van der Waals surface area contributed by atoms with Crippen molar-refractivity contribution in [1.82, 2.24) is 0 Å². The number of hydrogen-bond acceptors (Lipinski definition) is 1. The Morgan fingerprint density at radius 1 is 1.14 bits per heavy atom. The van der Waals surface area contributed by atoms with Crippen LogP contribution in [0.25, 0.3) is 0 Å². The summed E-state index contributed by atoms with van der Waals surface area (Å²) in [5.41, 5.74) is 5.11. The van der Waals surface area contributed by atoms with E-state index in [-0.39, 0.29) is 12.4 Å². The molecule has 0 bridgehead atoms. The van der Waals surface area contributed by atoms with Crippen molar-refractivity contribution >= 4 is 12.4 Å². The number of hydrogen-bond donors (Lipinski definition) is 1. The van der Waals surface area contributed by atoms with Crippen LogP contribution in [0.5, 0.6) is 0 Å². The van der Waals surface area contributed by atoms with Crippen LogP contribution in [0.3, 0.4) is 0 Å². The van der Waals surface area contributed by atoms with E-state index in [9.17, 15) is 0 Å². The smallest absolute Gasteiger partial charge is 0.00179 e. The van der Waals surface area contributed by atoms with E-state index in [4.69, 9.17) is 5.73 Å². The first-order valence-corrected chi connectivity index (χ1v) is 5.92. The average Bonchev–Trinajstić information content (AvgIpc) is 2.06. The molecule has 1 aliphatic rings. The van der Waals surface area contributed by atoms with Crippen molar-refractivity contribution in [2.45, 2.75) is 71.8 Å². The SMILES string of the molecule is CC(C)N.CCCC1CCCCC1.Cl. The maximum absolute atomic E-state index is 5.11. The highest BCUT2D eigenvalue weighted by molar-refractivity contribution is 5.85. The maximum atomic E-state index is 5.11. The third kappa shape index (κ3) is 12.2. The van der Waals surface area contributed by atoms with Crippen molar-refractivity contribution in [1.29, 1.82) is 0 Å². The lowest BCUT2D eigenvalue weighted by atomic mass is 9.86. The van der Waals surface area contributed by atoms with Crippen LogP contribution in [0.1, 0.15) is 65.7 Å². The van der Waals surface area contributed by atoms with Gasteiger partial charge in [-0.1, -0.05) is 65.7 Å². The van der Waals surface area contributed by atoms with E-state index >= 15 is 0 Å². The van der Waals surface area contributed by atoms with Gasteiger partial charge in [-0.2, -0.15) is 0 Å². The standard InChI is InChI=1S/C9H18.C3H9N.ClH/c1-2-6-9-7-4-3-5-8-9;1-3(2)4;/h9H,2-8H2,1H3;3H,4H2,1-2H3;1H. The first kappa shape index (κ1) is 16.7. The van der Waals surface area contributed by atoms with E-state index in [1.165, 1.54) is 44.9 Å². The molecule has 0 amide bonds. The third-order valence-electron chi connectivity index (χ3n) is 2.42. The molecule has 0 aromatic heterocycles. The molecule has 0 radical (unpaired) electrons. The second-order valence-electron chi connectivity index (χ2n) is 4.54. The van der Waals surface area contributed by atoms with Gasteiger partial charge < -0.3 is 5.73 Å². The summed E-state index contributed by atoms with van der Waals surface area (Å²) in [4.78, 5) is 0. The molecule has 14 heavy (non-hydrogen) atoms. The monoisotopic (exact) mass is 221 g/mol. The van der Waals surface area contributed by atoms with Crippen molar-refractivity contribution in [2.75, 3.05) is 0 Å². The molecule has 0 aromatic carbocycles. The summed E-state index contributed by atoms with van der Waals surface area (Å²) in [6, 6.07) is 0.333. The highest BCUT2D eigenvalue weighted by atomic mass is 35.5. The quantitative estimate of drug-likeness (QED) is 0.745. The van der Waals surface area contributed by atoms with Gasteiger partial charge in [0.25, 0.3) is 0 Å². The second kappa shape index (κ2) is 11.3. The molecule has 0 aliphatic heterocycles. The molecule has 1 fully saturated rings. The molecular weight excluding hydrogens is 194 g/mol. The summed E-state index contributed by atoms with van der Waals surface area (Å²) in [6.45, 7) is 6.19. The second-order valence-corrected chi connectivity index (χ2v) is 4.54. The lowest BCUT2D eigenvalue weighted by Crippen LogP contribution is -2.06. The molecule has 0 aromatic rings. The van der Waals surface area contributed by atoms with Crippen LogP contribution >= 0.6 is 12.4 Å². The number of halogens is 1. The largest absolute Gasteiger partial charge is 0.328 e. The van der Waals surface area contributed by atoms with Gasteiger partial charge in [-0.3, -0.25) is 0 Å². The zero-order chi connectivity index (χ0) is 10.1. The van der Waals surface area contributed by atoms with Gasteiger partial charge in [0.05, 0.1) is 0 Å². The lowest BCUT2D eigenvalue weighted by Gasteiger charge is -2.20. The van der Waals surface area contributed by atoms with Gasteiger partial charge >= 0.3 is 0 Å². The Labute approximate surface area is 96.2 Å². The van der Waals surface area contributed by atoms with Crippen molar-refractivity contribution in [3.05, 3.63) is 0 Å². The summed E-state index contributed by atoms with van der Waals surface area (Å²) >= 11 is 0. The first-order valence-electron chi connectivity index (χ1n) is 5.92. The lowest BCUT2D eigenvalue weighted by molar-refractivity contribution is 0.336. The Balaban J connectivity index is 0. The Hall–Kier alpha value is 0.250. The van der Waals surface area contributed by atoms with Crippen molar-refractivity contribution in [3.8, 4) is 0 Å². The number of rotatable bonds is 2. The molecule has 0 saturated heterocycles. The molecule has 1 aliphatic carbocycles. The average molecular weight is 222 g/mol. The fourth-order valence-electron chi connectivity index (χ4n) is 1.88. The normalized spacial score (nSPS) is 16.9. The topological polar surface area (TPSA) is 26.0 Å². The van der Waals surface area contributed by atoms with E-state index in [1.807, 2.05) is 13.8 Å². The van der Waals surface area contributed by atoms with Gasteiger partial charge in [0.15, 0.2) is 0 Å². The molecule has 88 valence electrons. The molecule has 2 heteroatoms. The first-order chi connectivity index (χ1) is 6.16. The van der Waals surface area contributed by atoms with Gasteiger partial charge in [-0.15, -0.1) is 12.4 Å². The van der Waals surface area contributed by atoms with Crippen LogP contribution in [0.15, 0.2) is 0 Å². The van der Waals surface area contributed by atoms with E-state index in [1.54, 1.807) is 0 Å². The molecule has 0 heterocycles. The summed E-state index contributed by atoms with van der Waals surface area (Å²) in [5.74, 6) is 1.10. The molecule has 0 atom stereocenters. The van der Waals surface area contributed by atoms with Crippen molar-refractivity contribution in [3.63, 3.8) is 0 Å². The molecule has 1 nitrogen and oxygen atoms in total. The Morgan fingerprint density at radius 3 is 1.93 bits per heavy atom. The minimum absolute atomic E-state index is 0. The highest BCUT2D eigenvalue weighted by Crippen LogP contribution is 2.26. The molecule has 0 spiro atoms. The fourth-order valence-corrected chi connectivity index (χ4v) is 1.88. The van der Waals surface area contributed by atoms with E-state index in [0.717, 1.165) is 5.92 Å². The molecule has 0 unspecified atom stereocenters. The van der Waals surface area contributed by atoms with E-state index in [0.29, 0.717) is 6.04 Å². The Kier molecular flexibility index (Phi) is 13.5. The minimum Gasteiger partial charge on any atom is -0.328 e. The molecule has 1 saturated carbocycles. The van der Waals surface area contributed by atoms with Gasteiger partial charge in [0.1, 0.15) is 0 Å². The molecule has 2 N–H and O–H groups in total. The van der Waals surface area contributed by atoms with Crippen LogP contribution in [-0.2, 0) is 0 Å². The summed E-state index contributed by atoms with van der Waals surface area (Å²) in [5, 5.41) is 0. The van der Waals surface area contributed by atoms with Crippen LogP contribution in [-0.4, -0.2) is 6.04 Å². The Bertz CT molecular complexity index is 93.0. The maximum Gasteiger partial charge on any atom is -0.00179 e. The summed E-state index contributed by atoms with van der Waals surface area (Å²) in [6.07, 6.45) is 10.4. The predicted octanol–water partition coefficient (Wildman–Crippen LogP) is 4.14. The predicted molar refractivity (Wildman–Crippen MR) is 68.1 cm³/mol. The van der Waals surface area contributed by atoms with Crippen molar-refractivity contribution < 1.29 is 0 Å². The summed E-state index contributed by atoms with van der Waals surface area (Å²) in [7, 11) is 0. The van der Waals surface area contributed by atoms with Gasteiger partial charge in [0, 0.05) is 0 Å². The Morgan fingerprint density at radius 2 is 1.57 bits per heavy atom. The van der Waals surface area contributed by atoms with Crippen LogP contribution in [0.4, 0.5) is 0 Å². The zero-order valence-electron chi connectivity index (χ0n) is 10.1. The van der Waals surface area contributed by atoms with Crippen LogP contribution in [0, 0.1) is 5.92 Å². The van der Waals surface area contributed by atoms with E-state index < -0.39 is 0 Å². The highest BCUT2D eigenvalue weighted by Gasteiger charge is 2.10. The van der Waals surface area contributed by atoms with E-state index in [2.05, 4.69) is 6.92 Å². The number of nitrogens with two attached hydrogens (primary N) is 1. The zero-order valence-corrected chi connectivity index (χ0v) is 10.9. The molecule has 1 rings (SSSR count). The minimum atomic E-state index is 0. The van der Waals surface area contributed by atoms with Gasteiger partial charge in [0.2, 0.25) is 0 Å². The third-order valence-corrected chi connectivity index (χ3v) is 2.42. The van der Waals surface area contributed by atoms with Crippen LogP contribution in [0.2, 0.25) is 0 Å². The van der Waals surface area contributed by atoms with Crippen molar-refractivity contribution in [2.24, 2.45) is 11.7 Å². The van der Waals surface area contributed by atoms with Gasteiger partial charge in [-0.25, -0.2) is 0 Å². The van der Waals surface area contributed by atoms with Gasteiger partial charge in [-0.05, 0) is 12.0 Å². The molecular formula is C12H28ClN. The fraction of sp³-hybridized carbons (Fsp3) is 1.00. The summed E-state index contributed by atoms with van der Waals surface area (Å²) < 4.78 is 0. The van der Waals surface area contributed by atoms with Crippen LogP contribution < -0.4 is 5.73 Å².